The fourth-order valence-electron chi connectivity index (χ4n) is 2.15. The monoisotopic (exact) mass is 286 g/mol. The largest absolute Gasteiger partial charge is 0.484 e. The first-order valence-electron chi connectivity index (χ1n) is 7.52. The van der Waals surface area contributed by atoms with Crippen molar-refractivity contribution in [1.29, 1.82) is 5.26 Å². The minimum atomic E-state index is 0.0579. The molecule has 0 aliphatic heterocycles. The van der Waals surface area contributed by atoms with Crippen LogP contribution in [0.5, 0.6) is 5.75 Å². The number of nitrogens with zero attached hydrogens (tertiary/aromatic N) is 2. The van der Waals surface area contributed by atoms with Gasteiger partial charge in [-0.25, -0.2) is 0 Å². The van der Waals surface area contributed by atoms with E-state index in [1.54, 1.807) is 24.3 Å². The van der Waals surface area contributed by atoms with Gasteiger partial charge in [0.25, 0.3) is 5.91 Å². The molecule has 1 aromatic rings. The van der Waals surface area contributed by atoms with E-state index in [2.05, 4.69) is 19.9 Å². The standard InChI is InChI=1S/C17H22N2O2/c1-13(2)9-10-19(15-5-6-15)17(20)12-21-16-7-3-14(11-18)4-8-16/h3-4,7-8,13,15H,5-6,9-10,12H2,1-2H3. The Morgan fingerprint density at radius 3 is 2.57 bits per heavy atom. The van der Waals surface area contributed by atoms with E-state index in [4.69, 9.17) is 10.00 Å². The number of carbonyl (C=O) groups is 1. The molecule has 0 saturated heterocycles. The molecule has 0 bridgehead atoms. The molecule has 0 atom stereocenters. The zero-order chi connectivity index (χ0) is 15.2. The van der Waals surface area contributed by atoms with Gasteiger partial charge in [-0.3, -0.25) is 4.79 Å². The third-order valence-electron chi connectivity index (χ3n) is 3.60. The summed E-state index contributed by atoms with van der Waals surface area (Å²) in [7, 11) is 0. The lowest BCUT2D eigenvalue weighted by Crippen LogP contribution is -2.37. The van der Waals surface area contributed by atoms with Crippen molar-refractivity contribution < 1.29 is 9.53 Å². The lowest BCUT2D eigenvalue weighted by Gasteiger charge is -2.23. The molecule has 1 saturated carbocycles. The zero-order valence-electron chi connectivity index (χ0n) is 12.7. The van der Waals surface area contributed by atoms with Crippen molar-refractivity contribution in [1.82, 2.24) is 4.90 Å². The summed E-state index contributed by atoms with van der Waals surface area (Å²) >= 11 is 0. The molecular formula is C17H22N2O2. The highest BCUT2D eigenvalue weighted by Crippen LogP contribution is 2.27. The molecule has 0 aromatic heterocycles. The molecule has 0 radical (unpaired) electrons. The highest BCUT2D eigenvalue weighted by atomic mass is 16.5. The number of ether oxygens (including phenoxy) is 1. The molecule has 1 aliphatic carbocycles. The van der Waals surface area contributed by atoms with Gasteiger partial charge in [0, 0.05) is 12.6 Å². The molecule has 112 valence electrons. The van der Waals surface area contributed by atoms with Crippen LogP contribution < -0.4 is 4.74 Å². The summed E-state index contributed by atoms with van der Waals surface area (Å²) in [4.78, 5) is 14.2. The topological polar surface area (TPSA) is 53.3 Å². The molecule has 0 spiro atoms. The Labute approximate surface area is 126 Å². The number of hydrogen-bond acceptors (Lipinski definition) is 3. The molecule has 21 heavy (non-hydrogen) atoms. The first kappa shape index (κ1) is 15.4. The second-order valence-corrected chi connectivity index (χ2v) is 5.93. The van der Waals surface area contributed by atoms with E-state index in [1.165, 1.54) is 0 Å². The SMILES string of the molecule is CC(C)CCN(C(=O)COc1ccc(C#N)cc1)C1CC1. The Hall–Kier alpha value is -2.02. The summed E-state index contributed by atoms with van der Waals surface area (Å²) in [6, 6.07) is 9.31. The van der Waals surface area contributed by atoms with Gasteiger partial charge in [-0.1, -0.05) is 13.8 Å². The summed E-state index contributed by atoms with van der Waals surface area (Å²) in [5, 5.41) is 8.74. The van der Waals surface area contributed by atoms with Crippen molar-refractivity contribution in [2.75, 3.05) is 13.2 Å². The number of nitriles is 1. The van der Waals surface area contributed by atoms with Gasteiger partial charge in [0.05, 0.1) is 11.6 Å². The number of amides is 1. The molecule has 0 heterocycles. The number of carbonyl (C=O) groups excluding carboxylic acids is 1. The molecule has 1 fully saturated rings. The first-order chi connectivity index (χ1) is 10.1. The zero-order valence-corrected chi connectivity index (χ0v) is 12.7. The fraction of sp³-hybridized carbons (Fsp3) is 0.529. The Morgan fingerprint density at radius 1 is 1.38 bits per heavy atom. The van der Waals surface area contributed by atoms with Crippen molar-refractivity contribution in [3.8, 4) is 11.8 Å². The molecule has 0 unspecified atom stereocenters. The highest BCUT2D eigenvalue weighted by molar-refractivity contribution is 5.78. The molecule has 0 N–H and O–H groups in total. The Bertz CT molecular complexity index is 513. The van der Waals surface area contributed by atoms with Crippen LogP contribution in [-0.2, 0) is 4.79 Å². The summed E-state index contributed by atoms with van der Waals surface area (Å²) in [6.45, 7) is 5.23. The Kier molecular flexibility index (Phi) is 5.21. The maximum absolute atomic E-state index is 12.3. The Morgan fingerprint density at radius 2 is 2.05 bits per heavy atom. The van der Waals surface area contributed by atoms with E-state index >= 15 is 0 Å². The average Bonchev–Trinajstić information content (AvgIpc) is 3.30. The van der Waals surface area contributed by atoms with Gasteiger partial charge in [-0.2, -0.15) is 5.26 Å². The van der Waals surface area contributed by atoms with Crippen LogP contribution in [0.2, 0.25) is 0 Å². The van der Waals surface area contributed by atoms with E-state index in [0.29, 0.717) is 23.3 Å². The normalized spacial score (nSPS) is 13.8. The van der Waals surface area contributed by atoms with Crippen molar-refractivity contribution >= 4 is 5.91 Å². The Balaban J connectivity index is 1.85. The molecule has 1 amide bonds. The molecule has 2 rings (SSSR count). The predicted octanol–water partition coefficient (Wildman–Crippen LogP) is 2.97. The fourth-order valence-corrected chi connectivity index (χ4v) is 2.15. The van der Waals surface area contributed by atoms with Gasteiger partial charge in [-0.15, -0.1) is 0 Å². The van der Waals surface area contributed by atoms with Crippen LogP contribution in [0, 0.1) is 17.2 Å². The minimum absolute atomic E-state index is 0.0579. The van der Waals surface area contributed by atoms with Crippen LogP contribution in [0.4, 0.5) is 0 Å². The lowest BCUT2D eigenvalue weighted by atomic mass is 10.1. The van der Waals surface area contributed by atoms with E-state index in [0.717, 1.165) is 25.8 Å². The first-order valence-corrected chi connectivity index (χ1v) is 7.52. The minimum Gasteiger partial charge on any atom is -0.484 e. The van der Waals surface area contributed by atoms with Gasteiger partial charge in [0.2, 0.25) is 0 Å². The second-order valence-electron chi connectivity index (χ2n) is 5.93. The third-order valence-corrected chi connectivity index (χ3v) is 3.60. The van der Waals surface area contributed by atoms with Crippen molar-refractivity contribution in [3.05, 3.63) is 29.8 Å². The smallest absolute Gasteiger partial charge is 0.260 e. The maximum Gasteiger partial charge on any atom is 0.260 e. The van der Waals surface area contributed by atoms with E-state index in [-0.39, 0.29) is 12.5 Å². The number of benzene rings is 1. The summed E-state index contributed by atoms with van der Waals surface area (Å²) in [5.74, 6) is 1.28. The highest BCUT2D eigenvalue weighted by Gasteiger charge is 2.32. The van der Waals surface area contributed by atoms with E-state index in [9.17, 15) is 4.79 Å². The van der Waals surface area contributed by atoms with Crippen LogP contribution >= 0.6 is 0 Å². The summed E-state index contributed by atoms with van der Waals surface area (Å²) in [5.41, 5.74) is 0.588. The summed E-state index contributed by atoms with van der Waals surface area (Å²) < 4.78 is 5.53. The van der Waals surface area contributed by atoms with Crippen LogP contribution in [0.15, 0.2) is 24.3 Å². The van der Waals surface area contributed by atoms with Gasteiger partial charge in [-0.05, 0) is 49.4 Å². The third kappa shape index (κ3) is 4.78. The summed E-state index contributed by atoms with van der Waals surface area (Å²) in [6.07, 6.45) is 3.25. The van der Waals surface area contributed by atoms with Crippen LogP contribution in [0.1, 0.15) is 38.7 Å². The van der Waals surface area contributed by atoms with E-state index in [1.807, 2.05) is 4.90 Å². The van der Waals surface area contributed by atoms with Crippen LogP contribution in [-0.4, -0.2) is 30.0 Å². The molecule has 4 nitrogen and oxygen atoms in total. The van der Waals surface area contributed by atoms with Crippen molar-refractivity contribution in [2.45, 2.75) is 39.2 Å². The van der Waals surface area contributed by atoms with Crippen molar-refractivity contribution in [2.24, 2.45) is 5.92 Å². The van der Waals surface area contributed by atoms with Crippen LogP contribution in [0.3, 0.4) is 0 Å². The number of hydrogen-bond donors (Lipinski definition) is 0. The molecule has 1 aromatic carbocycles. The van der Waals surface area contributed by atoms with Gasteiger partial charge < -0.3 is 9.64 Å². The van der Waals surface area contributed by atoms with Gasteiger partial charge >= 0.3 is 0 Å². The van der Waals surface area contributed by atoms with Gasteiger partial charge in [0.15, 0.2) is 6.61 Å². The van der Waals surface area contributed by atoms with E-state index < -0.39 is 0 Å². The molecular weight excluding hydrogens is 264 g/mol. The maximum atomic E-state index is 12.3. The van der Waals surface area contributed by atoms with Gasteiger partial charge in [0.1, 0.15) is 5.75 Å². The van der Waals surface area contributed by atoms with Crippen LogP contribution in [0.25, 0.3) is 0 Å². The number of rotatable bonds is 7. The molecule has 1 aliphatic rings. The second kappa shape index (κ2) is 7.12. The van der Waals surface area contributed by atoms with Crippen molar-refractivity contribution in [3.63, 3.8) is 0 Å². The molecule has 4 heteroatoms. The lowest BCUT2D eigenvalue weighted by molar-refractivity contribution is -0.134. The quantitative estimate of drug-likeness (QED) is 0.774. The predicted molar refractivity (Wildman–Crippen MR) is 80.8 cm³/mol. The average molecular weight is 286 g/mol.